The van der Waals surface area contributed by atoms with Crippen LogP contribution in [0.4, 0.5) is 5.00 Å². The molecule has 3 rings (SSSR count). The number of nitrogen functional groups attached to an aromatic ring is 1. The third-order valence-corrected chi connectivity index (χ3v) is 4.00. The topological polar surface area (TPSA) is 64.9 Å². The SMILES string of the molecule is Cc1cc(-c2nc(-c3cccc(Br)c3)no2)c(N)s1. The minimum Gasteiger partial charge on any atom is -0.390 e. The second kappa shape index (κ2) is 4.79. The van der Waals surface area contributed by atoms with E-state index >= 15 is 0 Å². The summed E-state index contributed by atoms with van der Waals surface area (Å²) in [4.78, 5) is 5.51. The molecule has 2 heterocycles. The fourth-order valence-electron chi connectivity index (χ4n) is 1.78. The number of rotatable bonds is 2. The van der Waals surface area contributed by atoms with Gasteiger partial charge in [-0.15, -0.1) is 11.3 Å². The lowest BCUT2D eigenvalue weighted by Gasteiger charge is -1.94. The van der Waals surface area contributed by atoms with Gasteiger partial charge in [-0.05, 0) is 25.1 Å². The highest BCUT2D eigenvalue weighted by Crippen LogP contribution is 2.33. The van der Waals surface area contributed by atoms with Gasteiger partial charge in [-0.1, -0.05) is 33.2 Å². The standard InChI is InChI=1S/C13H10BrN3OS/c1-7-5-10(11(15)19-7)13-16-12(17-18-13)8-3-2-4-9(14)6-8/h2-6H,15H2,1H3. The number of aryl methyl sites for hydroxylation is 1. The third kappa shape index (κ3) is 2.41. The van der Waals surface area contributed by atoms with Crippen LogP contribution in [-0.4, -0.2) is 10.1 Å². The Morgan fingerprint density at radius 1 is 1.32 bits per heavy atom. The number of thiophene rings is 1. The number of hydrogen-bond acceptors (Lipinski definition) is 5. The van der Waals surface area contributed by atoms with E-state index in [0.29, 0.717) is 16.7 Å². The average Bonchev–Trinajstić information content (AvgIpc) is 2.96. The molecule has 6 heteroatoms. The number of anilines is 1. The summed E-state index contributed by atoms with van der Waals surface area (Å²) >= 11 is 4.94. The second-order valence-corrected chi connectivity index (χ2v) is 6.27. The van der Waals surface area contributed by atoms with E-state index in [9.17, 15) is 0 Å². The molecule has 3 aromatic rings. The lowest BCUT2D eigenvalue weighted by Crippen LogP contribution is -1.84. The minimum atomic E-state index is 0.455. The van der Waals surface area contributed by atoms with Crippen LogP contribution in [0.3, 0.4) is 0 Å². The van der Waals surface area contributed by atoms with Crippen molar-refractivity contribution in [1.29, 1.82) is 0 Å². The molecular weight excluding hydrogens is 326 g/mol. The van der Waals surface area contributed by atoms with Crippen LogP contribution in [0.1, 0.15) is 4.88 Å². The van der Waals surface area contributed by atoms with Crippen molar-refractivity contribution in [3.8, 4) is 22.8 Å². The van der Waals surface area contributed by atoms with Crippen LogP contribution in [0, 0.1) is 6.92 Å². The van der Waals surface area contributed by atoms with Crippen LogP contribution in [0.25, 0.3) is 22.8 Å². The maximum Gasteiger partial charge on any atom is 0.261 e. The number of nitrogens with zero attached hydrogens (tertiary/aromatic N) is 2. The first-order valence-corrected chi connectivity index (χ1v) is 7.20. The van der Waals surface area contributed by atoms with Crippen molar-refractivity contribution in [1.82, 2.24) is 10.1 Å². The first-order chi connectivity index (χ1) is 9.13. The number of aromatic nitrogens is 2. The Bertz CT molecular complexity index is 735. The Kier molecular flexibility index (Phi) is 3.12. The van der Waals surface area contributed by atoms with Gasteiger partial charge in [0.15, 0.2) is 0 Å². The maximum absolute atomic E-state index is 5.93. The first-order valence-electron chi connectivity index (χ1n) is 5.59. The van der Waals surface area contributed by atoms with Crippen LogP contribution < -0.4 is 5.73 Å². The van der Waals surface area contributed by atoms with Crippen LogP contribution in [0.2, 0.25) is 0 Å². The van der Waals surface area contributed by atoms with Gasteiger partial charge in [-0.2, -0.15) is 4.98 Å². The minimum absolute atomic E-state index is 0.455. The molecule has 0 aliphatic rings. The van der Waals surface area contributed by atoms with Gasteiger partial charge in [0, 0.05) is 14.9 Å². The Labute approximate surface area is 122 Å². The number of halogens is 1. The summed E-state index contributed by atoms with van der Waals surface area (Å²) in [7, 11) is 0. The van der Waals surface area contributed by atoms with E-state index in [2.05, 4.69) is 26.1 Å². The molecule has 2 aromatic heterocycles. The predicted octanol–water partition coefficient (Wildman–Crippen LogP) is 4.12. The zero-order valence-electron chi connectivity index (χ0n) is 10.1. The molecule has 0 aliphatic carbocycles. The summed E-state index contributed by atoms with van der Waals surface area (Å²) in [6.45, 7) is 2.00. The van der Waals surface area contributed by atoms with Gasteiger partial charge in [0.05, 0.1) is 10.6 Å². The molecule has 0 unspecified atom stereocenters. The quantitative estimate of drug-likeness (QED) is 0.765. The molecule has 0 atom stereocenters. The molecule has 0 saturated carbocycles. The third-order valence-electron chi connectivity index (χ3n) is 2.62. The van der Waals surface area contributed by atoms with Crippen LogP contribution in [0.15, 0.2) is 39.3 Å². The number of hydrogen-bond donors (Lipinski definition) is 1. The largest absolute Gasteiger partial charge is 0.390 e. The van der Waals surface area contributed by atoms with Crippen molar-refractivity contribution < 1.29 is 4.52 Å². The molecule has 0 fully saturated rings. The summed E-state index contributed by atoms with van der Waals surface area (Å²) < 4.78 is 6.26. The molecule has 4 nitrogen and oxygen atoms in total. The summed E-state index contributed by atoms with van der Waals surface area (Å²) in [6.07, 6.45) is 0. The van der Waals surface area contributed by atoms with E-state index in [0.717, 1.165) is 20.5 Å². The van der Waals surface area contributed by atoms with Crippen molar-refractivity contribution in [2.45, 2.75) is 6.92 Å². The van der Waals surface area contributed by atoms with Crippen molar-refractivity contribution >= 4 is 32.3 Å². The molecule has 96 valence electrons. The average molecular weight is 336 g/mol. The second-order valence-electron chi connectivity index (χ2n) is 4.07. The highest BCUT2D eigenvalue weighted by Gasteiger charge is 2.15. The van der Waals surface area contributed by atoms with E-state index in [1.165, 1.54) is 11.3 Å². The van der Waals surface area contributed by atoms with Gasteiger partial charge in [0.25, 0.3) is 5.89 Å². The molecule has 1 aromatic carbocycles. The van der Waals surface area contributed by atoms with Crippen molar-refractivity contribution in [3.63, 3.8) is 0 Å². The number of benzene rings is 1. The summed E-state index contributed by atoms with van der Waals surface area (Å²) in [6, 6.07) is 9.71. The Morgan fingerprint density at radius 2 is 2.16 bits per heavy atom. The van der Waals surface area contributed by atoms with E-state index < -0.39 is 0 Å². The van der Waals surface area contributed by atoms with Crippen molar-refractivity contribution in [3.05, 3.63) is 39.7 Å². The summed E-state index contributed by atoms with van der Waals surface area (Å²) in [5, 5.41) is 4.69. The van der Waals surface area contributed by atoms with Gasteiger partial charge in [0.1, 0.15) is 0 Å². The van der Waals surface area contributed by atoms with E-state index in [1.54, 1.807) is 0 Å². The van der Waals surface area contributed by atoms with Crippen molar-refractivity contribution in [2.24, 2.45) is 0 Å². The zero-order valence-corrected chi connectivity index (χ0v) is 12.5. The summed E-state index contributed by atoms with van der Waals surface area (Å²) in [5.41, 5.74) is 7.63. The van der Waals surface area contributed by atoms with Crippen LogP contribution in [0.5, 0.6) is 0 Å². The van der Waals surface area contributed by atoms with E-state index in [4.69, 9.17) is 10.3 Å². The fraction of sp³-hybridized carbons (Fsp3) is 0.0769. The highest BCUT2D eigenvalue weighted by atomic mass is 79.9. The molecule has 19 heavy (non-hydrogen) atoms. The summed E-state index contributed by atoms with van der Waals surface area (Å²) in [5.74, 6) is 1.01. The van der Waals surface area contributed by atoms with E-state index in [-0.39, 0.29) is 0 Å². The molecule has 2 N–H and O–H groups in total. The van der Waals surface area contributed by atoms with Gasteiger partial charge in [-0.3, -0.25) is 0 Å². The lowest BCUT2D eigenvalue weighted by molar-refractivity contribution is 0.432. The zero-order chi connectivity index (χ0) is 13.4. The van der Waals surface area contributed by atoms with Crippen LogP contribution >= 0.6 is 27.3 Å². The Morgan fingerprint density at radius 3 is 2.84 bits per heavy atom. The normalized spacial score (nSPS) is 10.8. The Balaban J connectivity index is 2.02. The smallest absolute Gasteiger partial charge is 0.261 e. The molecule has 0 aliphatic heterocycles. The highest BCUT2D eigenvalue weighted by molar-refractivity contribution is 9.10. The van der Waals surface area contributed by atoms with Gasteiger partial charge in [-0.25, -0.2) is 0 Å². The first kappa shape index (κ1) is 12.4. The van der Waals surface area contributed by atoms with Gasteiger partial charge < -0.3 is 10.3 Å². The number of nitrogens with two attached hydrogens (primary N) is 1. The van der Waals surface area contributed by atoms with Gasteiger partial charge >= 0.3 is 0 Å². The molecule has 0 radical (unpaired) electrons. The molecule has 0 spiro atoms. The fourth-order valence-corrected chi connectivity index (χ4v) is 2.96. The molecular formula is C13H10BrN3OS. The maximum atomic E-state index is 5.93. The Hall–Kier alpha value is -1.66. The molecule has 0 amide bonds. The van der Waals surface area contributed by atoms with Crippen LogP contribution in [-0.2, 0) is 0 Å². The van der Waals surface area contributed by atoms with E-state index in [1.807, 2.05) is 37.3 Å². The van der Waals surface area contributed by atoms with Gasteiger partial charge in [0.2, 0.25) is 5.82 Å². The molecule has 0 saturated heterocycles. The lowest BCUT2D eigenvalue weighted by atomic mass is 10.2. The monoisotopic (exact) mass is 335 g/mol. The predicted molar refractivity (Wildman–Crippen MR) is 79.9 cm³/mol. The van der Waals surface area contributed by atoms with Crippen molar-refractivity contribution in [2.75, 3.05) is 5.73 Å². The molecule has 0 bridgehead atoms.